The number of carboxylic acid groups (broad SMARTS) is 1. The van der Waals surface area contributed by atoms with E-state index in [1.807, 2.05) is 4.90 Å². The van der Waals surface area contributed by atoms with E-state index in [9.17, 15) is 27.9 Å². The first-order valence-corrected chi connectivity index (χ1v) is 14.5. The summed E-state index contributed by atoms with van der Waals surface area (Å²) < 4.78 is 56.3. The Morgan fingerprint density at radius 3 is 2.42 bits per heavy atom. The van der Waals surface area contributed by atoms with E-state index in [0.29, 0.717) is 50.4 Å². The van der Waals surface area contributed by atoms with Gasteiger partial charge in [-0.25, -0.2) is 9.48 Å². The highest BCUT2D eigenvalue weighted by Crippen LogP contribution is 2.42. The van der Waals surface area contributed by atoms with E-state index in [-0.39, 0.29) is 34.1 Å². The number of nitrogen functional groups attached to an aromatic ring is 1. The van der Waals surface area contributed by atoms with E-state index in [1.54, 1.807) is 33.8 Å². The summed E-state index contributed by atoms with van der Waals surface area (Å²) in [5.41, 5.74) is 5.21. The average Bonchev–Trinajstić information content (AvgIpc) is 3.57. The van der Waals surface area contributed by atoms with Crippen LogP contribution in [0.1, 0.15) is 67.8 Å². The highest BCUT2D eigenvalue weighted by atomic mass is 19.4. The van der Waals surface area contributed by atoms with Crippen molar-refractivity contribution < 1.29 is 37.3 Å². The number of carbonyl (C=O) groups excluding carboxylic acids is 1. The van der Waals surface area contributed by atoms with Gasteiger partial charge in [0.1, 0.15) is 17.5 Å². The van der Waals surface area contributed by atoms with Gasteiger partial charge in [0.2, 0.25) is 17.9 Å². The summed E-state index contributed by atoms with van der Waals surface area (Å²) in [4.78, 5) is 34.3. The van der Waals surface area contributed by atoms with E-state index in [2.05, 4.69) is 20.4 Å². The number of hydrogen-bond donors (Lipinski definition) is 3. The van der Waals surface area contributed by atoms with Crippen LogP contribution in [0.3, 0.4) is 0 Å². The molecule has 242 valence electrons. The van der Waals surface area contributed by atoms with E-state index in [0.717, 1.165) is 0 Å². The highest BCUT2D eigenvalue weighted by Gasteiger charge is 2.46. The molecule has 12 nitrogen and oxygen atoms in total. The fourth-order valence-corrected chi connectivity index (χ4v) is 5.74. The van der Waals surface area contributed by atoms with Crippen LogP contribution in [0.4, 0.5) is 24.9 Å². The number of rotatable bonds is 7. The van der Waals surface area contributed by atoms with Gasteiger partial charge in [-0.2, -0.15) is 28.2 Å². The van der Waals surface area contributed by atoms with Gasteiger partial charge in [0, 0.05) is 37.5 Å². The number of nitrogens with zero attached hydrogens (tertiary/aromatic N) is 5. The number of aryl methyl sites for hydroxylation is 1. The molecule has 2 aliphatic heterocycles. The lowest BCUT2D eigenvalue weighted by Gasteiger charge is -2.39. The zero-order valence-corrected chi connectivity index (χ0v) is 25.4. The number of halogens is 3. The van der Waals surface area contributed by atoms with Gasteiger partial charge >= 0.3 is 18.1 Å². The van der Waals surface area contributed by atoms with Gasteiger partial charge < -0.3 is 30.5 Å². The topological polar surface area (TPSA) is 158 Å². The summed E-state index contributed by atoms with van der Waals surface area (Å²) in [5, 5.41) is 16.7. The van der Waals surface area contributed by atoms with Crippen LogP contribution >= 0.6 is 0 Å². The second-order valence-electron chi connectivity index (χ2n) is 12.6. The summed E-state index contributed by atoms with van der Waals surface area (Å²) in [7, 11) is 0. The van der Waals surface area contributed by atoms with Crippen molar-refractivity contribution >= 4 is 23.7 Å². The molecule has 1 aromatic carbocycles. The molecule has 15 heteroatoms. The van der Waals surface area contributed by atoms with E-state index < -0.39 is 35.9 Å². The number of esters is 1. The Balaban J connectivity index is 1.44. The van der Waals surface area contributed by atoms with Gasteiger partial charge in [0.05, 0.1) is 16.9 Å². The number of nitrogens with two attached hydrogens (primary N) is 1. The molecule has 0 aliphatic carbocycles. The Kier molecular flexibility index (Phi) is 8.42. The van der Waals surface area contributed by atoms with Crippen molar-refractivity contribution in [3.05, 3.63) is 53.3 Å². The predicted octanol–water partition coefficient (Wildman–Crippen LogP) is 4.22. The molecular weight excluding hydrogens is 595 g/mol. The van der Waals surface area contributed by atoms with E-state index >= 15 is 0 Å². The van der Waals surface area contributed by atoms with Gasteiger partial charge in [-0.05, 0) is 70.6 Å². The van der Waals surface area contributed by atoms with Gasteiger partial charge in [0.25, 0.3) is 0 Å². The number of ether oxygens (including phenoxy) is 2. The number of aliphatic carboxylic acids is 1. The normalized spacial score (nSPS) is 19.0. The second-order valence-corrected chi connectivity index (χ2v) is 12.6. The molecule has 4 N–H and O–H groups in total. The molecule has 3 aromatic rings. The van der Waals surface area contributed by atoms with Gasteiger partial charge in [-0.1, -0.05) is 6.07 Å². The molecule has 0 saturated carbocycles. The Morgan fingerprint density at radius 2 is 1.84 bits per heavy atom. The zero-order valence-electron chi connectivity index (χ0n) is 25.4. The molecule has 5 rings (SSSR count). The summed E-state index contributed by atoms with van der Waals surface area (Å²) in [6.07, 6.45) is -4.07. The lowest BCUT2D eigenvalue weighted by molar-refractivity contribution is -0.198. The molecule has 45 heavy (non-hydrogen) atoms. The van der Waals surface area contributed by atoms with Crippen LogP contribution in [0.25, 0.3) is 5.69 Å². The zero-order chi connectivity index (χ0) is 32.7. The number of hydrogen-bond acceptors (Lipinski definition) is 10. The number of carbonyl (C=O) groups is 2. The van der Waals surface area contributed by atoms with Crippen LogP contribution in [-0.2, 0) is 9.53 Å². The predicted molar refractivity (Wildman–Crippen MR) is 157 cm³/mol. The molecule has 2 aliphatic rings. The first-order chi connectivity index (χ1) is 21.0. The molecular formula is C30H36F3N7O5. The highest BCUT2D eigenvalue weighted by molar-refractivity contribution is 5.90. The largest absolute Gasteiger partial charge is 0.480 e. The summed E-state index contributed by atoms with van der Waals surface area (Å²) in [6.45, 7) is 8.34. The molecule has 2 saturated heterocycles. The van der Waals surface area contributed by atoms with Crippen molar-refractivity contribution in [1.29, 1.82) is 0 Å². The number of nitrogens with one attached hydrogen (secondary N) is 1. The van der Waals surface area contributed by atoms with Gasteiger partial charge in [-0.15, -0.1) is 0 Å². The quantitative estimate of drug-likeness (QED) is 0.321. The maximum Gasteiger partial charge on any atom is 0.429 e. The van der Waals surface area contributed by atoms with Crippen LogP contribution in [0.2, 0.25) is 0 Å². The average molecular weight is 632 g/mol. The SMILES string of the molecule is Cc1ccn(-c2cc(C(=O)OC(C)(C)C)ccc2[C@@H](Oc2cc(N3CCC4(CC3)CN[C@H](C(=O)O)C4)nc(N)n2)C(F)(F)F)n1. The van der Waals surface area contributed by atoms with Gasteiger partial charge in [-0.3, -0.25) is 4.79 Å². The molecule has 1 spiro atoms. The fourth-order valence-electron chi connectivity index (χ4n) is 5.74. The molecule has 2 fully saturated rings. The van der Waals surface area contributed by atoms with Crippen molar-refractivity contribution in [2.24, 2.45) is 5.41 Å². The minimum atomic E-state index is -4.90. The van der Waals surface area contributed by atoms with E-state index in [1.165, 1.54) is 35.1 Å². The molecule has 2 atom stereocenters. The monoisotopic (exact) mass is 631 g/mol. The fraction of sp³-hybridized carbons (Fsp3) is 0.500. The number of piperidine rings is 1. The second kappa shape index (κ2) is 11.8. The summed E-state index contributed by atoms with van der Waals surface area (Å²) >= 11 is 0. The summed E-state index contributed by atoms with van der Waals surface area (Å²) in [5.74, 6) is -1.93. The smallest absolute Gasteiger partial charge is 0.429 e. The molecule has 0 bridgehead atoms. The molecule has 4 heterocycles. The Labute approximate surface area is 257 Å². The van der Waals surface area contributed by atoms with E-state index in [4.69, 9.17) is 15.2 Å². The van der Waals surface area contributed by atoms with Crippen LogP contribution in [0.5, 0.6) is 5.88 Å². The summed E-state index contributed by atoms with van der Waals surface area (Å²) in [6, 6.07) is 6.04. The standard InChI is InChI=1S/C30H36F3N7O5/c1-17-7-10-40(38-17)21-13-18(26(43)45-28(2,3)4)5-6-19(21)24(30(31,32)33)44-23-14-22(36-27(34)37-23)39-11-8-29(9-12-39)15-20(25(41)42)35-16-29/h5-7,10,13-14,20,24,35H,8-9,11-12,15-16H2,1-4H3,(H,41,42)(H2,34,36,37)/t20-,24+/m0/s1. The lowest BCUT2D eigenvalue weighted by Crippen LogP contribution is -2.41. The van der Waals surface area contributed by atoms with Crippen LogP contribution < -0.4 is 20.7 Å². The van der Waals surface area contributed by atoms with Gasteiger partial charge in [0.15, 0.2) is 0 Å². The van der Waals surface area contributed by atoms with Crippen molar-refractivity contribution in [3.8, 4) is 11.6 Å². The first kappa shape index (κ1) is 32.0. The molecule has 0 unspecified atom stereocenters. The van der Waals surface area contributed by atoms with Crippen molar-refractivity contribution in [3.63, 3.8) is 0 Å². The third-order valence-electron chi connectivity index (χ3n) is 7.97. The Hall–Kier alpha value is -4.40. The number of benzene rings is 1. The van der Waals surface area contributed by atoms with Crippen molar-refractivity contribution in [1.82, 2.24) is 25.1 Å². The van der Waals surface area contributed by atoms with Crippen LogP contribution in [0.15, 0.2) is 36.5 Å². The number of alkyl halides is 3. The Morgan fingerprint density at radius 1 is 1.13 bits per heavy atom. The minimum Gasteiger partial charge on any atom is -0.480 e. The van der Waals surface area contributed by atoms with Crippen LogP contribution in [0, 0.1) is 12.3 Å². The minimum absolute atomic E-state index is 0.0257. The maximum atomic E-state index is 14.7. The lowest BCUT2D eigenvalue weighted by atomic mass is 9.76. The van der Waals surface area contributed by atoms with Crippen molar-refractivity contribution in [2.75, 3.05) is 30.3 Å². The van der Waals surface area contributed by atoms with Crippen molar-refractivity contribution in [2.45, 2.75) is 70.9 Å². The number of carboxylic acids is 1. The molecule has 0 radical (unpaired) electrons. The maximum absolute atomic E-state index is 14.7. The van der Waals surface area contributed by atoms with Crippen LogP contribution in [-0.4, -0.2) is 74.2 Å². The number of anilines is 2. The third kappa shape index (κ3) is 7.30. The number of aromatic nitrogens is 4. The first-order valence-electron chi connectivity index (χ1n) is 14.5. The molecule has 0 amide bonds. The third-order valence-corrected chi connectivity index (χ3v) is 7.97. The Bertz CT molecular complexity index is 1580. The molecule has 2 aromatic heterocycles.